The number of fused-ring (bicyclic) bond motifs is 1. The van der Waals surface area contributed by atoms with Gasteiger partial charge in [0.15, 0.2) is 6.61 Å². The Morgan fingerprint density at radius 1 is 0.825 bits per heavy atom. The summed E-state index contributed by atoms with van der Waals surface area (Å²) < 4.78 is 5.96. The summed E-state index contributed by atoms with van der Waals surface area (Å²) in [5, 5.41) is 0. The Labute approximate surface area is 235 Å². The lowest BCUT2D eigenvalue weighted by molar-refractivity contribution is -0.120. The molecule has 8 heteroatoms. The summed E-state index contributed by atoms with van der Waals surface area (Å²) in [6, 6.07) is 22.9. The Hall–Kier alpha value is -4.46. The normalized spacial score (nSPS) is 13.1. The maximum Gasteiger partial charge on any atom is 0.264 e. The number of rotatable bonds is 12. The van der Waals surface area contributed by atoms with Crippen molar-refractivity contribution in [2.24, 2.45) is 5.92 Å². The number of anilines is 2. The molecule has 0 aromatic heterocycles. The minimum absolute atomic E-state index is 0.227. The predicted molar refractivity (Wildman–Crippen MR) is 155 cm³/mol. The highest BCUT2D eigenvalue weighted by atomic mass is 16.5. The van der Waals surface area contributed by atoms with E-state index in [2.05, 4.69) is 13.8 Å². The molecule has 0 aliphatic carbocycles. The maximum absolute atomic E-state index is 13.7. The molecule has 1 atom stereocenters. The number of carbonyl (C=O) groups excluding carboxylic acids is 4. The smallest absolute Gasteiger partial charge is 0.264 e. The topological polar surface area (TPSA) is 87.2 Å². The molecule has 1 heterocycles. The first-order chi connectivity index (χ1) is 19.3. The van der Waals surface area contributed by atoms with Gasteiger partial charge < -0.3 is 14.5 Å². The number of para-hydroxylation sites is 3. The zero-order valence-electron chi connectivity index (χ0n) is 23.2. The van der Waals surface area contributed by atoms with E-state index in [9.17, 15) is 19.2 Å². The largest absolute Gasteiger partial charge is 0.482 e. The second kappa shape index (κ2) is 13.1. The number of carbonyl (C=O) groups is 4. The fourth-order valence-corrected chi connectivity index (χ4v) is 4.80. The summed E-state index contributed by atoms with van der Waals surface area (Å²) in [7, 11) is 1.68. The van der Waals surface area contributed by atoms with Crippen LogP contribution in [0.25, 0.3) is 0 Å². The van der Waals surface area contributed by atoms with Gasteiger partial charge in [-0.05, 0) is 48.7 Å². The van der Waals surface area contributed by atoms with Crippen molar-refractivity contribution in [3.63, 3.8) is 0 Å². The number of hydrogen-bond acceptors (Lipinski definition) is 5. The van der Waals surface area contributed by atoms with E-state index in [1.54, 1.807) is 60.5 Å². The Balaban J connectivity index is 1.54. The zero-order chi connectivity index (χ0) is 28.6. The number of ether oxygens (including phenoxy) is 1. The lowest BCUT2D eigenvalue weighted by Gasteiger charge is -2.28. The molecule has 4 rings (SSSR count). The van der Waals surface area contributed by atoms with Gasteiger partial charge in [-0.3, -0.25) is 24.1 Å². The highest BCUT2D eigenvalue weighted by Crippen LogP contribution is 2.30. The van der Waals surface area contributed by atoms with Gasteiger partial charge in [0.05, 0.1) is 16.8 Å². The van der Waals surface area contributed by atoms with Crippen LogP contribution in [0.5, 0.6) is 5.75 Å². The van der Waals surface area contributed by atoms with E-state index in [1.165, 1.54) is 4.90 Å². The van der Waals surface area contributed by atoms with Crippen LogP contribution in [0, 0.1) is 5.92 Å². The van der Waals surface area contributed by atoms with Crippen molar-refractivity contribution in [2.75, 3.05) is 36.5 Å². The molecule has 1 unspecified atom stereocenters. The van der Waals surface area contributed by atoms with Gasteiger partial charge in [0.2, 0.25) is 5.91 Å². The number of benzene rings is 3. The van der Waals surface area contributed by atoms with Gasteiger partial charge in [-0.1, -0.05) is 69.2 Å². The first-order valence-electron chi connectivity index (χ1n) is 13.6. The molecule has 0 radical (unpaired) electrons. The van der Waals surface area contributed by atoms with Crippen molar-refractivity contribution in [1.82, 2.24) is 4.90 Å². The molecule has 4 amide bonds. The Kier molecular flexibility index (Phi) is 9.32. The maximum atomic E-state index is 13.7. The third kappa shape index (κ3) is 6.39. The molecule has 0 saturated heterocycles. The molecule has 8 nitrogen and oxygen atoms in total. The SMILES string of the molecule is CCCC(C)CCN(C(=O)CN1C(=O)c2ccccc2C1=O)c1ccccc1OCC(=O)N(C)c1ccccc1. The van der Waals surface area contributed by atoms with Gasteiger partial charge in [-0.2, -0.15) is 0 Å². The Bertz CT molecular complexity index is 1340. The van der Waals surface area contributed by atoms with E-state index in [0.717, 1.165) is 29.8 Å². The molecule has 0 saturated carbocycles. The van der Waals surface area contributed by atoms with E-state index >= 15 is 0 Å². The van der Waals surface area contributed by atoms with Crippen molar-refractivity contribution >= 4 is 35.0 Å². The predicted octanol–water partition coefficient (Wildman–Crippen LogP) is 5.18. The molecule has 40 heavy (non-hydrogen) atoms. The van der Waals surface area contributed by atoms with Crippen molar-refractivity contribution in [1.29, 1.82) is 0 Å². The molecule has 0 bridgehead atoms. The van der Waals surface area contributed by atoms with Gasteiger partial charge in [-0.25, -0.2) is 0 Å². The molecule has 3 aromatic carbocycles. The summed E-state index contributed by atoms with van der Waals surface area (Å²) in [5.74, 6) is -0.868. The van der Waals surface area contributed by atoms with E-state index in [-0.39, 0.29) is 12.5 Å². The third-order valence-corrected chi connectivity index (χ3v) is 7.12. The van der Waals surface area contributed by atoms with Crippen LogP contribution in [0.4, 0.5) is 11.4 Å². The van der Waals surface area contributed by atoms with E-state index < -0.39 is 24.3 Å². The van der Waals surface area contributed by atoms with Gasteiger partial charge in [0.25, 0.3) is 17.7 Å². The molecule has 1 aliphatic heterocycles. The number of nitrogens with zero attached hydrogens (tertiary/aromatic N) is 3. The van der Waals surface area contributed by atoms with Crippen molar-refractivity contribution in [3.05, 3.63) is 90.0 Å². The average molecular weight is 542 g/mol. The van der Waals surface area contributed by atoms with Crippen molar-refractivity contribution in [3.8, 4) is 5.75 Å². The van der Waals surface area contributed by atoms with E-state index in [0.29, 0.717) is 35.0 Å². The molecule has 3 aromatic rings. The van der Waals surface area contributed by atoms with Gasteiger partial charge in [0, 0.05) is 19.3 Å². The van der Waals surface area contributed by atoms with Crippen LogP contribution >= 0.6 is 0 Å². The minimum Gasteiger partial charge on any atom is -0.482 e. The summed E-state index contributed by atoms with van der Waals surface area (Å²) in [5.41, 5.74) is 1.83. The highest BCUT2D eigenvalue weighted by Gasteiger charge is 2.37. The summed E-state index contributed by atoms with van der Waals surface area (Å²) >= 11 is 0. The first kappa shape index (κ1) is 28.5. The fraction of sp³-hybridized carbons (Fsp3) is 0.312. The Morgan fingerprint density at radius 2 is 1.43 bits per heavy atom. The molecular formula is C32H35N3O5. The van der Waals surface area contributed by atoms with Gasteiger partial charge in [0.1, 0.15) is 12.3 Å². The van der Waals surface area contributed by atoms with Crippen LogP contribution in [-0.2, 0) is 9.59 Å². The molecule has 0 N–H and O–H groups in total. The average Bonchev–Trinajstić information content (AvgIpc) is 3.21. The molecular weight excluding hydrogens is 506 g/mol. The lowest BCUT2D eigenvalue weighted by Crippen LogP contribution is -2.43. The van der Waals surface area contributed by atoms with Gasteiger partial charge >= 0.3 is 0 Å². The van der Waals surface area contributed by atoms with E-state index in [4.69, 9.17) is 4.74 Å². The fourth-order valence-electron chi connectivity index (χ4n) is 4.80. The number of hydrogen-bond donors (Lipinski definition) is 0. The van der Waals surface area contributed by atoms with Crippen LogP contribution in [0.3, 0.4) is 0 Å². The monoisotopic (exact) mass is 541 g/mol. The number of imide groups is 1. The van der Waals surface area contributed by atoms with Crippen molar-refractivity contribution < 1.29 is 23.9 Å². The number of amides is 4. The first-order valence-corrected chi connectivity index (χ1v) is 13.6. The second-order valence-corrected chi connectivity index (χ2v) is 10.0. The summed E-state index contributed by atoms with van der Waals surface area (Å²) in [6.07, 6.45) is 2.77. The molecule has 0 spiro atoms. The van der Waals surface area contributed by atoms with Crippen LogP contribution in [0.1, 0.15) is 53.8 Å². The van der Waals surface area contributed by atoms with Crippen LogP contribution in [-0.4, -0.2) is 55.3 Å². The zero-order valence-corrected chi connectivity index (χ0v) is 23.2. The van der Waals surface area contributed by atoms with Crippen molar-refractivity contribution in [2.45, 2.75) is 33.1 Å². The van der Waals surface area contributed by atoms with Crippen LogP contribution < -0.4 is 14.5 Å². The second-order valence-electron chi connectivity index (χ2n) is 10.0. The van der Waals surface area contributed by atoms with Crippen LogP contribution in [0.2, 0.25) is 0 Å². The Morgan fingerprint density at radius 3 is 2.08 bits per heavy atom. The standard InChI is InChI=1S/C32H35N3O5/c1-4-12-23(2)19-20-34(29(36)21-35-31(38)25-15-8-9-16-26(25)32(35)39)27-17-10-11-18-28(27)40-22-30(37)33(3)24-13-6-5-7-14-24/h5-11,13-18,23H,4,12,19-22H2,1-3H3. The lowest BCUT2D eigenvalue weighted by atomic mass is 10.0. The highest BCUT2D eigenvalue weighted by molar-refractivity contribution is 6.22. The number of likely N-dealkylation sites (N-methyl/N-ethyl adjacent to an activating group) is 1. The molecule has 0 fully saturated rings. The third-order valence-electron chi connectivity index (χ3n) is 7.12. The van der Waals surface area contributed by atoms with Crippen LogP contribution in [0.15, 0.2) is 78.9 Å². The quantitative estimate of drug-likeness (QED) is 0.295. The van der Waals surface area contributed by atoms with E-state index in [1.807, 2.05) is 30.3 Å². The summed E-state index contributed by atoms with van der Waals surface area (Å²) in [4.78, 5) is 56.6. The summed E-state index contributed by atoms with van der Waals surface area (Å²) in [6.45, 7) is 4.01. The minimum atomic E-state index is -0.479. The van der Waals surface area contributed by atoms with Gasteiger partial charge in [-0.15, -0.1) is 0 Å². The molecule has 208 valence electrons. The molecule has 1 aliphatic rings.